The summed E-state index contributed by atoms with van der Waals surface area (Å²) in [6.07, 6.45) is -3.41. The van der Waals surface area contributed by atoms with Crippen LogP contribution >= 0.6 is 0 Å². The van der Waals surface area contributed by atoms with E-state index in [1.807, 2.05) is 0 Å². The molecule has 0 rings (SSSR count). The topological polar surface area (TPSA) is 172 Å². The average Bonchev–Trinajstić information content (AvgIpc) is 2.48. The van der Waals surface area contributed by atoms with E-state index in [9.17, 15) is 9.59 Å². The smallest absolute Gasteiger partial charge is 0.306 e. The van der Waals surface area contributed by atoms with Crippen LogP contribution in [0.3, 0.4) is 0 Å². The first kappa shape index (κ1) is 27.6. The third-order valence-electron chi connectivity index (χ3n) is 2.05. The number of carboxylic acids is 2. The van der Waals surface area contributed by atoms with Gasteiger partial charge in [0.05, 0.1) is 25.3 Å². The minimum absolute atomic E-state index is 0.0353. The fourth-order valence-corrected chi connectivity index (χ4v) is 1.02. The van der Waals surface area contributed by atoms with Gasteiger partial charge in [0, 0.05) is 0 Å². The molecule has 0 fully saturated rings. The summed E-state index contributed by atoms with van der Waals surface area (Å²) in [4.78, 5) is 28.2. The van der Waals surface area contributed by atoms with Gasteiger partial charge in [-0.3, -0.25) is 9.59 Å². The lowest BCUT2D eigenvalue weighted by Gasteiger charge is -1.96. The first-order valence-corrected chi connectivity index (χ1v) is 6.98. The number of carboxylic acid groups (broad SMARTS) is 2. The summed E-state index contributed by atoms with van der Waals surface area (Å²) in [5.74, 6) is -2.16. The van der Waals surface area contributed by atoms with Crippen molar-refractivity contribution in [2.45, 2.75) is 37.6 Å². The number of rotatable bonds is 8. The minimum atomic E-state index is -1.08. The lowest BCUT2D eigenvalue weighted by molar-refractivity contribution is -0.140. The molecule has 0 aromatic heterocycles. The highest BCUT2D eigenvalue weighted by molar-refractivity contribution is 5.67. The molecular weight excluding hydrogens is 350 g/mol. The summed E-state index contributed by atoms with van der Waals surface area (Å²) in [7, 11) is 0. The van der Waals surface area contributed by atoms with Gasteiger partial charge >= 0.3 is 11.9 Å². The van der Waals surface area contributed by atoms with Crippen molar-refractivity contribution in [3.05, 3.63) is 34.3 Å². The van der Waals surface area contributed by atoms with Crippen LogP contribution in [0.25, 0.3) is 14.5 Å². The molecule has 0 bridgehead atoms. The Hall–Kier alpha value is -3.22. The zero-order chi connectivity index (χ0) is 21.0. The SMILES string of the molecule is [C-]#[15N+]C[C@@H](O)CC#N.[C-]#[15N+]C[C@@H](O)CC(=O)O.[C-]#[N+]C[C@H](O)CC(=O)O. The molecule has 0 aromatic rings. The van der Waals surface area contributed by atoms with Gasteiger partial charge in [-0.25, -0.2) is 19.7 Å². The van der Waals surface area contributed by atoms with Crippen LogP contribution in [0.1, 0.15) is 19.3 Å². The average molecular weight is 370 g/mol. The van der Waals surface area contributed by atoms with Crippen molar-refractivity contribution in [2.24, 2.45) is 0 Å². The predicted octanol–water partition coefficient (Wildman–Crippen LogP) is -0.337. The summed E-state index contributed by atoms with van der Waals surface area (Å²) in [6, 6.07) is 1.76. The number of aliphatic hydroxyl groups is 3. The summed E-state index contributed by atoms with van der Waals surface area (Å²) in [6.45, 7) is 18.5. The molecule has 0 aliphatic heterocycles. The van der Waals surface area contributed by atoms with E-state index in [2.05, 4.69) is 14.5 Å². The summed E-state index contributed by atoms with van der Waals surface area (Å²) in [5, 5.41) is 49.9. The Labute approximate surface area is 150 Å². The van der Waals surface area contributed by atoms with E-state index >= 15 is 0 Å². The fraction of sp³-hybridized carbons (Fsp3) is 0.600. The van der Waals surface area contributed by atoms with Crippen LogP contribution in [0, 0.1) is 31.0 Å². The van der Waals surface area contributed by atoms with E-state index in [-0.39, 0.29) is 38.9 Å². The fourth-order valence-electron chi connectivity index (χ4n) is 1.02. The molecular formula is C15H20N4O7. The van der Waals surface area contributed by atoms with Gasteiger partial charge in [0.25, 0.3) is 0 Å². The highest BCUT2D eigenvalue weighted by Crippen LogP contribution is 1.91. The zero-order valence-electron chi connectivity index (χ0n) is 13.8. The van der Waals surface area contributed by atoms with Gasteiger partial charge in [0.1, 0.15) is 18.3 Å². The summed E-state index contributed by atoms with van der Waals surface area (Å²) >= 11 is 0. The normalized spacial score (nSPS) is 11.8. The summed E-state index contributed by atoms with van der Waals surface area (Å²) < 4.78 is 0. The van der Waals surface area contributed by atoms with Gasteiger partial charge in [0.15, 0.2) is 0 Å². The van der Waals surface area contributed by atoms with E-state index in [1.54, 1.807) is 6.07 Å². The molecule has 0 aromatic carbocycles. The van der Waals surface area contributed by atoms with Crippen LogP contribution in [0.4, 0.5) is 0 Å². The third-order valence-corrected chi connectivity index (χ3v) is 2.05. The molecule has 0 heterocycles. The monoisotopic (exact) mass is 370 g/mol. The highest BCUT2D eigenvalue weighted by atomic mass is 16.4. The van der Waals surface area contributed by atoms with E-state index in [4.69, 9.17) is 50.5 Å². The number of nitrogens with zero attached hydrogens (tertiary/aromatic N) is 4. The predicted molar refractivity (Wildman–Crippen MR) is 87.2 cm³/mol. The van der Waals surface area contributed by atoms with Crippen LogP contribution < -0.4 is 0 Å². The van der Waals surface area contributed by atoms with E-state index in [0.29, 0.717) is 0 Å². The molecule has 0 saturated heterocycles. The number of carbonyl (C=O) groups is 2. The van der Waals surface area contributed by atoms with Gasteiger partial charge in [0.2, 0.25) is 19.6 Å². The van der Waals surface area contributed by atoms with Gasteiger partial charge in [-0.2, -0.15) is 5.26 Å². The molecule has 26 heavy (non-hydrogen) atoms. The van der Waals surface area contributed by atoms with Crippen LogP contribution in [-0.2, 0) is 9.59 Å². The highest BCUT2D eigenvalue weighted by Gasteiger charge is 2.11. The second-order valence-corrected chi connectivity index (χ2v) is 4.54. The molecule has 11 nitrogen and oxygen atoms in total. The molecule has 5 N–H and O–H groups in total. The van der Waals surface area contributed by atoms with Gasteiger partial charge in [-0.1, -0.05) is 0 Å². The number of hydrogen-bond acceptors (Lipinski definition) is 6. The Balaban J connectivity index is -0.000000306. The van der Waals surface area contributed by atoms with Crippen molar-refractivity contribution < 1.29 is 35.1 Å². The number of hydrogen-bond donors (Lipinski definition) is 5. The van der Waals surface area contributed by atoms with Crippen molar-refractivity contribution in [3.63, 3.8) is 0 Å². The quantitative estimate of drug-likeness (QED) is 0.285. The van der Waals surface area contributed by atoms with Crippen molar-refractivity contribution in [3.8, 4) is 6.07 Å². The van der Waals surface area contributed by atoms with Crippen LogP contribution in [0.2, 0.25) is 0 Å². The first-order valence-electron chi connectivity index (χ1n) is 6.98. The van der Waals surface area contributed by atoms with Gasteiger partial charge < -0.3 is 40.1 Å². The number of aliphatic carboxylic acids is 2. The van der Waals surface area contributed by atoms with Crippen molar-refractivity contribution >= 4 is 11.9 Å². The van der Waals surface area contributed by atoms with Crippen LogP contribution in [0.15, 0.2) is 0 Å². The van der Waals surface area contributed by atoms with Crippen molar-refractivity contribution in [2.75, 3.05) is 19.6 Å². The second kappa shape index (κ2) is 19.8. The summed E-state index contributed by atoms with van der Waals surface area (Å²) in [5.41, 5.74) is 0. The molecule has 0 radical (unpaired) electrons. The molecule has 0 saturated carbocycles. The van der Waals surface area contributed by atoms with E-state index in [1.165, 1.54) is 0 Å². The Morgan fingerprint density at radius 2 is 1.12 bits per heavy atom. The molecule has 0 aliphatic carbocycles. The van der Waals surface area contributed by atoms with Crippen molar-refractivity contribution in [1.82, 2.24) is 0 Å². The molecule has 142 valence electrons. The maximum Gasteiger partial charge on any atom is 0.306 e. The van der Waals surface area contributed by atoms with E-state index in [0.717, 1.165) is 0 Å². The van der Waals surface area contributed by atoms with Crippen LogP contribution in [0.5, 0.6) is 0 Å². The Bertz CT molecular complexity index is 519. The minimum Gasteiger partial charge on any atom is -0.481 e. The molecule has 11 heteroatoms. The number of nitriles is 1. The maximum atomic E-state index is 9.82. The van der Waals surface area contributed by atoms with Crippen molar-refractivity contribution in [1.29, 1.82) is 5.26 Å². The first-order chi connectivity index (χ1) is 12.1. The second-order valence-electron chi connectivity index (χ2n) is 4.54. The van der Waals surface area contributed by atoms with Gasteiger partial charge in [-0.05, 0) is 0 Å². The van der Waals surface area contributed by atoms with Gasteiger partial charge in [-0.15, -0.1) is 0 Å². The Kier molecular flexibility index (Phi) is 21.1. The number of aliphatic hydroxyl groups excluding tert-OH is 3. The standard InChI is InChI=1S/C5H6N2O.2C5H7NO3/c1-7-4-5(8)2-3-6;2*1-6-3-4(7)2-5(8)9/h5,8H,2,4H2;2*4,7H,2-3H2,(H,8,9)/t5-;2*4-/m010/s1/i7+1;;6+1. The van der Waals surface area contributed by atoms with E-state index < -0.39 is 30.3 Å². The molecule has 0 amide bonds. The lowest BCUT2D eigenvalue weighted by Crippen LogP contribution is -2.14. The largest absolute Gasteiger partial charge is 0.481 e. The molecule has 0 aliphatic rings. The maximum absolute atomic E-state index is 9.82. The Morgan fingerprint density at radius 3 is 1.35 bits per heavy atom. The Morgan fingerprint density at radius 1 is 0.808 bits per heavy atom. The molecule has 0 spiro atoms. The molecule has 0 unspecified atom stereocenters. The van der Waals surface area contributed by atoms with Crippen LogP contribution in [-0.4, -0.2) is 75.4 Å². The third kappa shape index (κ3) is 28.9. The molecule has 3 atom stereocenters. The zero-order valence-corrected chi connectivity index (χ0v) is 13.8. The lowest BCUT2D eigenvalue weighted by atomic mass is 10.3.